The molecule has 4 atom stereocenters. The van der Waals surface area contributed by atoms with Crippen LogP contribution >= 0.6 is 0 Å². The smallest absolute Gasteiger partial charge is 0.135 e. The van der Waals surface area contributed by atoms with Crippen molar-refractivity contribution in [2.45, 2.75) is 51.9 Å². The minimum absolute atomic E-state index is 0.239. The van der Waals surface area contributed by atoms with Gasteiger partial charge in [0.15, 0.2) is 0 Å². The number of ketones is 1. The van der Waals surface area contributed by atoms with E-state index >= 15 is 0 Å². The largest absolute Gasteiger partial charge is 0.330 e. The van der Waals surface area contributed by atoms with E-state index in [1.807, 2.05) is 0 Å². The average Bonchev–Trinajstić information content (AvgIpc) is 2.87. The van der Waals surface area contributed by atoms with Crippen LogP contribution in [0.4, 0.5) is 0 Å². The average molecular weight is 223 g/mol. The van der Waals surface area contributed by atoms with Gasteiger partial charge in [-0.05, 0) is 56.4 Å². The molecule has 2 aliphatic rings. The Labute approximate surface area is 99.0 Å². The molecule has 2 heteroatoms. The molecule has 0 aliphatic heterocycles. The molecule has 0 heterocycles. The van der Waals surface area contributed by atoms with E-state index in [0.29, 0.717) is 12.3 Å². The topological polar surface area (TPSA) is 43.1 Å². The van der Waals surface area contributed by atoms with Gasteiger partial charge in [-0.3, -0.25) is 4.79 Å². The normalized spacial score (nSPS) is 34.2. The Hall–Kier alpha value is -0.370. The standard InChI is InChI=1S/C14H25NO/c1-10(3-2-6-15)14(16)9-13-8-11-4-5-12(13)7-11/h10-13H,2-9,15H2,1H3. The van der Waals surface area contributed by atoms with E-state index in [1.165, 1.54) is 25.7 Å². The number of Topliss-reactive ketones (excluding diaryl/α,β-unsaturated/α-hetero) is 1. The molecule has 0 saturated heterocycles. The van der Waals surface area contributed by atoms with E-state index in [1.54, 1.807) is 0 Å². The van der Waals surface area contributed by atoms with Gasteiger partial charge in [0.2, 0.25) is 0 Å². The number of hydrogen-bond donors (Lipinski definition) is 1. The molecule has 0 radical (unpaired) electrons. The van der Waals surface area contributed by atoms with E-state index in [4.69, 9.17) is 5.73 Å². The number of fused-ring (bicyclic) bond motifs is 2. The Bertz CT molecular complexity index is 251. The first-order valence-corrected chi connectivity index (χ1v) is 6.93. The molecule has 2 N–H and O–H groups in total. The van der Waals surface area contributed by atoms with Gasteiger partial charge in [0.25, 0.3) is 0 Å². The second-order valence-electron chi connectivity index (χ2n) is 5.94. The Morgan fingerprint density at radius 1 is 1.38 bits per heavy atom. The number of hydrogen-bond acceptors (Lipinski definition) is 2. The Kier molecular flexibility index (Phi) is 4.01. The lowest BCUT2D eigenvalue weighted by molar-refractivity contribution is -0.123. The summed E-state index contributed by atoms with van der Waals surface area (Å²) in [5.74, 6) is 3.30. The van der Waals surface area contributed by atoms with Gasteiger partial charge in [-0.25, -0.2) is 0 Å². The van der Waals surface area contributed by atoms with Crippen molar-refractivity contribution in [1.82, 2.24) is 0 Å². The molecule has 2 rings (SSSR count). The lowest BCUT2D eigenvalue weighted by Crippen LogP contribution is -2.20. The highest BCUT2D eigenvalue weighted by molar-refractivity contribution is 5.80. The van der Waals surface area contributed by atoms with Crippen LogP contribution in [-0.2, 0) is 4.79 Å². The number of carbonyl (C=O) groups excluding carboxylic acids is 1. The van der Waals surface area contributed by atoms with Crippen molar-refractivity contribution in [1.29, 1.82) is 0 Å². The molecule has 2 saturated carbocycles. The lowest BCUT2D eigenvalue weighted by atomic mass is 9.82. The maximum absolute atomic E-state index is 12.0. The number of rotatable bonds is 6. The van der Waals surface area contributed by atoms with Crippen molar-refractivity contribution in [2.24, 2.45) is 29.4 Å². The summed E-state index contributed by atoms with van der Waals surface area (Å²) in [4.78, 5) is 12.0. The van der Waals surface area contributed by atoms with Crippen LogP contribution in [0.2, 0.25) is 0 Å². The minimum Gasteiger partial charge on any atom is -0.330 e. The fourth-order valence-electron chi connectivity index (χ4n) is 3.67. The molecule has 0 amide bonds. The Balaban J connectivity index is 1.74. The predicted molar refractivity (Wildman–Crippen MR) is 66.0 cm³/mol. The van der Waals surface area contributed by atoms with E-state index in [2.05, 4.69) is 6.92 Å². The van der Waals surface area contributed by atoms with Gasteiger partial charge in [-0.1, -0.05) is 13.3 Å². The first-order chi connectivity index (χ1) is 7.70. The second-order valence-corrected chi connectivity index (χ2v) is 5.94. The van der Waals surface area contributed by atoms with Gasteiger partial charge < -0.3 is 5.73 Å². The van der Waals surface area contributed by atoms with Gasteiger partial charge in [0.05, 0.1) is 0 Å². The zero-order valence-electron chi connectivity index (χ0n) is 10.5. The van der Waals surface area contributed by atoms with Crippen molar-refractivity contribution >= 4 is 5.78 Å². The summed E-state index contributed by atoms with van der Waals surface area (Å²) >= 11 is 0. The van der Waals surface area contributed by atoms with Gasteiger partial charge in [0, 0.05) is 12.3 Å². The molecule has 2 bridgehead atoms. The molecule has 2 nitrogen and oxygen atoms in total. The SMILES string of the molecule is CC(CCCN)C(=O)CC1CC2CCC1C2. The van der Waals surface area contributed by atoms with Crippen molar-refractivity contribution in [3.8, 4) is 0 Å². The third-order valence-corrected chi connectivity index (χ3v) is 4.74. The van der Waals surface area contributed by atoms with Crippen LogP contribution in [0.25, 0.3) is 0 Å². The Morgan fingerprint density at radius 2 is 2.19 bits per heavy atom. The summed E-state index contributed by atoms with van der Waals surface area (Å²) in [5.41, 5.74) is 5.48. The van der Waals surface area contributed by atoms with Gasteiger partial charge in [-0.15, -0.1) is 0 Å². The summed E-state index contributed by atoms with van der Waals surface area (Å²) in [5, 5.41) is 0. The lowest BCUT2D eigenvalue weighted by Gasteiger charge is -2.22. The zero-order valence-corrected chi connectivity index (χ0v) is 10.5. The van der Waals surface area contributed by atoms with Crippen molar-refractivity contribution in [3.05, 3.63) is 0 Å². The summed E-state index contributed by atoms with van der Waals surface area (Å²) in [6, 6.07) is 0. The fourth-order valence-corrected chi connectivity index (χ4v) is 3.67. The third kappa shape index (κ3) is 2.65. The summed E-state index contributed by atoms with van der Waals surface area (Å²) in [7, 11) is 0. The Morgan fingerprint density at radius 3 is 2.75 bits per heavy atom. The molecule has 0 spiro atoms. The van der Waals surface area contributed by atoms with Crippen LogP contribution in [0, 0.1) is 23.7 Å². The van der Waals surface area contributed by atoms with Gasteiger partial charge >= 0.3 is 0 Å². The van der Waals surface area contributed by atoms with E-state index in [9.17, 15) is 4.79 Å². The van der Waals surface area contributed by atoms with E-state index in [-0.39, 0.29) is 5.92 Å². The van der Waals surface area contributed by atoms with Gasteiger partial charge in [-0.2, -0.15) is 0 Å². The van der Waals surface area contributed by atoms with Crippen LogP contribution < -0.4 is 5.73 Å². The molecule has 0 aromatic carbocycles. The molecule has 0 aromatic rings. The van der Waals surface area contributed by atoms with E-state index < -0.39 is 0 Å². The number of nitrogens with two attached hydrogens (primary N) is 1. The first-order valence-electron chi connectivity index (χ1n) is 6.93. The highest BCUT2D eigenvalue weighted by Gasteiger charge is 2.40. The second kappa shape index (κ2) is 5.31. The van der Waals surface area contributed by atoms with Crippen molar-refractivity contribution in [2.75, 3.05) is 6.54 Å². The monoisotopic (exact) mass is 223 g/mol. The fraction of sp³-hybridized carbons (Fsp3) is 0.929. The molecule has 4 unspecified atom stereocenters. The maximum Gasteiger partial charge on any atom is 0.135 e. The molecule has 0 aromatic heterocycles. The van der Waals surface area contributed by atoms with Crippen molar-refractivity contribution in [3.63, 3.8) is 0 Å². The quantitative estimate of drug-likeness (QED) is 0.752. The maximum atomic E-state index is 12.0. The first kappa shape index (κ1) is 12.1. The molecule has 92 valence electrons. The zero-order chi connectivity index (χ0) is 11.5. The molecule has 16 heavy (non-hydrogen) atoms. The van der Waals surface area contributed by atoms with Crippen LogP contribution in [0.3, 0.4) is 0 Å². The summed E-state index contributed by atoms with van der Waals surface area (Å²) in [6.07, 6.45) is 8.39. The highest BCUT2D eigenvalue weighted by Crippen LogP contribution is 2.49. The molecule has 2 aliphatic carbocycles. The van der Waals surface area contributed by atoms with Crippen LogP contribution in [0.5, 0.6) is 0 Å². The molecular weight excluding hydrogens is 198 g/mol. The van der Waals surface area contributed by atoms with E-state index in [0.717, 1.165) is 37.0 Å². The minimum atomic E-state index is 0.239. The predicted octanol–water partition coefficient (Wildman–Crippen LogP) is 2.76. The summed E-state index contributed by atoms with van der Waals surface area (Å²) < 4.78 is 0. The molecule has 2 fully saturated rings. The van der Waals surface area contributed by atoms with Crippen molar-refractivity contribution < 1.29 is 4.79 Å². The highest BCUT2D eigenvalue weighted by atomic mass is 16.1. The van der Waals surface area contributed by atoms with Gasteiger partial charge in [0.1, 0.15) is 5.78 Å². The van der Waals surface area contributed by atoms with Crippen LogP contribution in [0.1, 0.15) is 51.9 Å². The third-order valence-electron chi connectivity index (χ3n) is 4.74. The number of carbonyl (C=O) groups is 1. The van der Waals surface area contributed by atoms with Crippen LogP contribution in [0.15, 0.2) is 0 Å². The summed E-state index contributed by atoms with van der Waals surface area (Å²) in [6.45, 7) is 2.79. The van der Waals surface area contributed by atoms with Crippen LogP contribution in [-0.4, -0.2) is 12.3 Å². The molecular formula is C14H25NO.